The first kappa shape index (κ1) is 27.8. The van der Waals surface area contributed by atoms with E-state index in [1.807, 2.05) is 16.9 Å². The summed E-state index contributed by atoms with van der Waals surface area (Å²) < 4.78 is 40.0. The molecule has 0 saturated heterocycles. The minimum Gasteiger partial charge on any atom is -0.482 e. The Hall–Kier alpha value is -3.80. The highest BCUT2D eigenvalue weighted by Crippen LogP contribution is 2.34. The highest BCUT2D eigenvalue weighted by molar-refractivity contribution is 9.10. The van der Waals surface area contributed by atoms with Crippen LogP contribution in [0.5, 0.6) is 5.75 Å². The van der Waals surface area contributed by atoms with Gasteiger partial charge in [-0.05, 0) is 66.7 Å². The predicted molar refractivity (Wildman–Crippen MR) is 149 cm³/mol. The van der Waals surface area contributed by atoms with Crippen molar-refractivity contribution in [3.05, 3.63) is 81.0 Å². The van der Waals surface area contributed by atoms with Crippen LogP contribution in [0.25, 0.3) is 5.69 Å². The molecule has 5 rings (SSSR count). The molecule has 1 aliphatic carbocycles. The molecule has 1 atom stereocenters. The Morgan fingerprint density at radius 3 is 2.67 bits per heavy atom. The van der Waals surface area contributed by atoms with Gasteiger partial charge in [0.15, 0.2) is 23.1 Å². The summed E-state index contributed by atoms with van der Waals surface area (Å²) in [4.78, 5) is 18.5. The van der Waals surface area contributed by atoms with Crippen LogP contribution in [0.15, 0.2) is 41.1 Å². The zero-order valence-electron chi connectivity index (χ0n) is 22.7. The van der Waals surface area contributed by atoms with Crippen LogP contribution < -0.4 is 10.5 Å². The van der Waals surface area contributed by atoms with Crippen molar-refractivity contribution < 1.29 is 18.3 Å². The number of nitrogen functional groups attached to an aromatic ring is 1. The number of hydrogen-bond acceptors (Lipinski definition) is 6. The molecular formula is C28H30BrF2N7O2. The van der Waals surface area contributed by atoms with E-state index in [0.717, 1.165) is 25.5 Å². The van der Waals surface area contributed by atoms with E-state index >= 15 is 4.39 Å². The molecule has 1 saturated carbocycles. The lowest BCUT2D eigenvalue weighted by molar-refractivity contribution is 0.0820. The van der Waals surface area contributed by atoms with Crippen molar-refractivity contribution >= 4 is 27.7 Å². The van der Waals surface area contributed by atoms with Crippen LogP contribution in [-0.4, -0.2) is 49.4 Å². The van der Waals surface area contributed by atoms with E-state index in [1.54, 1.807) is 34.0 Å². The summed E-state index contributed by atoms with van der Waals surface area (Å²) in [7, 11) is 3.35. The van der Waals surface area contributed by atoms with Gasteiger partial charge in [-0.1, -0.05) is 0 Å². The summed E-state index contributed by atoms with van der Waals surface area (Å²) in [6.45, 7) is 4.20. The number of halogens is 3. The van der Waals surface area contributed by atoms with Crippen LogP contribution in [0.3, 0.4) is 0 Å². The summed E-state index contributed by atoms with van der Waals surface area (Å²) in [6.07, 6.45) is 5.13. The minimum absolute atomic E-state index is 0.0457. The molecule has 9 nitrogen and oxygen atoms in total. The molecule has 2 N–H and O–H groups in total. The van der Waals surface area contributed by atoms with Gasteiger partial charge < -0.3 is 15.4 Å². The maximum atomic E-state index is 15.6. The number of amides is 1. The van der Waals surface area contributed by atoms with Crippen molar-refractivity contribution in [3.63, 3.8) is 0 Å². The van der Waals surface area contributed by atoms with Gasteiger partial charge >= 0.3 is 0 Å². The first-order valence-corrected chi connectivity index (χ1v) is 13.7. The molecule has 0 bridgehead atoms. The van der Waals surface area contributed by atoms with E-state index in [1.165, 1.54) is 21.8 Å². The zero-order valence-corrected chi connectivity index (χ0v) is 24.2. The number of nitrogens with two attached hydrogens (primary N) is 1. The second-order valence-corrected chi connectivity index (χ2v) is 11.3. The number of pyridine rings is 1. The molecular weight excluding hydrogens is 584 g/mol. The largest absolute Gasteiger partial charge is 0.482 e. The summed E-state index contributed by atoms with van der Waals surface area (Å²) in [5.41, 5.74) is 8.52. The monoisotopic (exact) mass is 613 g/mol. The van der Waals surface area contributed by atoms with Gasteiger partial charge in [0.1, 0.15) is 17.6 Å². The molecule has 1 aliphatic rings. The molecule has 0 radical (unpaired) electrons. The molecule has 3 aromatic heterocycles. The molecule has 0 aliphatic heterocycles. The third-order valence-corrected chi connectivity index (χ3v) is 7.16. The average Bonchev–Trinajstić information content (AvgIpc) is 3.50. The Kier molecular flexibility index (Phi) is 7.63. The molecule has 40 heavy (non-hydrogen) atoms. The summed E-state index contributed by atoms with van der Waals surface area (Å²) >= 11 is 3.34. The lowest BCUT2D eigenvalue weighted by Crippen LogP contribution is -2.23. The van der Waals surface area contributed by atoms with Crippen LogP contribution >= 0.6 is 15.9 Å². The molecule has 1 aromatic carbocycles. The van der Waals surface area contributed by atoms with Gasteiger partial charge in [-0.2, -0.15) is 10.2 Å². The van der Waals surface area contributed by atoms with Crippen LogP contribution in [0.4, 0.5) is 14.6 Å². The topological polar surface area (TPSA) is 104 Å². The number of carbonyl (C=O) groups is 1. The van der Waals surface area contributed by atoms with Crippen molar-refractivity contribution in [1.82, 2.24) is 29.4 Å². The first-order chi connectivity index (χ1) is 19.0. The smallest absolute Gasteiger partial charge is 0.274 e. The predicted octanol–water partition coefficient (Wildman–Crippen LogP) is 5.24. The standard InChI is InChI=1S/C28H30BrF2N7O2/c1-15-7-21(8-18-14-37(13-17-5-6-17)35-25(18)28(39)36(3)4)38(34-15)26-22(10-20(30)11-23(26)31)16(2)40-24-9-19(29)12-33-27(24)32/h7,9-12,14,16-17H,5-6,8,13H2,1-4H3,(H2,32,33). The van der Waals surface area contributed by atoms with Gasteiger partial charge in [-0.25, -0.2) is 18.4 Å². The fourth-order valence-corrected chi connectivity index (χ4v) is 4.92. The fourth-order valence-electron chi connectivity index (χ4n) is 4.61. The Balaban J connectivity index is 1.55. The van der Waals surface area contributed by atoms with Gasteiger partial charge in [0, 0.05) is 66.8 Å². The van der Waals surface area contributed by atoms with Gasteiger partial charge in [0.05, 0.1) is 5.69 Å². The highest BCUT2D eigenvalue weighted by Gasteiger charge is 2.27. The van der Waals surface area contributed by atoms with Gasteiger partial charge in [0.2, 0.25) is 0 Å². The first-order valence-electron chi connectivity index (χ1n) is 12.9. The van der Waals surface area contributed by atoms with E-state index in [4.69, 9.17) is 10.5 Å². The summed E-state index contributed by atoms with van der Waals surface area (Å²) in [5, 5.41) is 9.14. The Labute approximate surface area is 239 Å². The number of hydrogen-bond donors (Lipinski definition) is 1. The minimum atomic E-state index is -0.817. The average molecular weight is 614 g/mol. The second-order valence-electron chi connectivity index (χ2n) is 10.4. The van der Waals surface area contributed by atoms with Crippen molar-refractivity contribution in [3.8, 4) is 11.4 Å². The third-order valence-electron chi connectivity index (χ3n) is 6.72. The van der Waals surface area contributed by atoms with E-state index < -0.39 is 17.7 Å². The van der Waals surface area contributed by atoms with Crippen molar-refractivity contribution in [2.75, 3.05) is 19.8 Å². The van der Waals surface area contributed by atoms with E-state index in [-0.39, 0.29) is 35.1 Å². The van der Waals surface area contributed by atoms with E-state index in [9.17, 15) is 9.18 Å². The van der Waals surface area contributed by atoms with E-state index in [0.29, 0.717) is 33.0 Å². The van der Waals surface area contributed by atoms with E-state index in [2.05, 4.69) is 31.1 Å². The maximum absolute atomic E-state index is 15.6. The molecule has 210 valence electrons. The Morgan fingerprint density at radius 2 is 1.98 bits per heavy atom. The quantitative estimate of drug-likeness (QED) is 0.277. The molecule has 1 amide bonds. The fraction of sp³-hybridized carbons (Fsp3) is 0.357. The zero-order chi connectivity index (χ0) is 28.7. The molecule has 1 unspecified atom stereocenters. The Morgan fingerprint density at radius 1 is 1.23 bits per heavy atom. The normalized spacial score (nSPS) is 13.9. The highest BCUT2D eigenvalue weighted by atomic mass is 79.9. The van der Waals surface area contributed by atoms with Crippen LogP contribution in [-0.2, 0) is 13.0 Å². The van der Waals surface area contributed by atoms with Crippen molar-refractivity contribution in [2.24, 2.45) is 5.92 Å². The molecule has 4 aromatic rings. The van der Waals surface area contributed by atoms with Crippen LogP contribution in [0.1, 0.15) is 58.9 Å². The summed E-state index contributed by atoms with van der Waals surface area (Å²) in [5.74, 6) is -0.797. The van der Waals surface area contributed by atoms with Crippen molar-refractivity contribution in [1.29, 1.82) is 0 Å². The molecule has 3 heterocycles. The molecule has 1 fully saturated rings. The maximum Gasteiger partial charge on any atom is 0.274 e. The number of rotatable bonds is 9. The molecule has 12 heteroatoms. The third kappa shape index (κ3) is 5.86. The number of aromatic nitrogens is 5. The second kappa shape index (κ2) is 11.0. The number of carbonyl (C=O) groups excluding carboxylic acids is 1. The van der Waals surface area contributed by atoms with Crippen LogP contribution in [0.2, 0.25) is 0 Å². The molecule has 0 spiro atoms. The van der Waals surface area contributed by atoms with Crippen molar-refractivity contribution in [2.45, 2.75) is 45.8 Å². The lowest BCUT2D eigenvalue weighted by atomic mass is 10.1. The number of benzene rings is 1. The number of nitrogens with zero attached hydrogens (tertiary/aromatic N) is 6. The van der Waals surface area contributed by atoms with Gasteiger partial charge in [-0.15, -0.1) is 0 Å². The Bertz CT molecular complexity index is 1580. The number of anilines is 1. The summed E-state index contributed by atoms with van der Waals surface area (Å²) in [6, 6.07) is 5.49. The van der Waals surface area contributed by atoms with Gasteiger partial charge in [-0.3, -0.25) is 9.48 Å². The lowest BCUT2D eigenvalue weighted by Gasteiger charge is -2.21. The SMILES string of the molecule is Cc1cc(Cc2cn(CC3CC3)nc2C(=O)N(C)C)n(-c2c(F)cc(F)cc2C(C)Oc2cc(Br)cnc2N)n1. The number of ether oxygens (including phenoxy) is 1. The number of aryl methyl sites for hydroxylation is 1. The van der Waals surface area contributed by atoms with Crippen LogP contribution in [0, 0.1) is 24.5 Å². The van der Waals surface area contributed by atoms with Gasteiger partial charge in [0.25, 0.3) is 5.91 Å².